The normalized spacial score (nSPS) is 13.3. The van der Waals surface area contributed by atoms with Gasteiger partial charge in [0.15, 0.2) is 0 Å². The van der Waals surface area contributed by atoms with Crippen LogP contribution in [0.25, 0.3) is 0 Å². The lowest BCUT2D eigenvalue weighted by Crippen LogP contribution is -2.29. The van der Waals surface area contributed by atoms with Crippen LogP contribution < -0.4 is 0 Å². The lowest BCUT2D eigenvalue weighted by atomic mass is 9.81. The Labute approximate surface area is 163 Å². The predicted octanol–water partition coefficient (Wildman–Crippen LogP) is 9.06. The van der Waals surface area contributed by atoms with E-state index in [1.54, 1.807) is 0 Å². The van der Waals surface area contributed by atoms with E-state index in [-0.39, 0.29) is 0 Å². The van der Waals surface area contributed by atoms with Crippen molar-refractivity contribution in [3.05, 3.63) is 0 Å². The Bertz CT molecular complexity index is 288. The maximum atomic E-state index is 9.75. The molecule has 26 heavy (non-hydrogen) atoms. The maximum absolute atomic E-state index is 9.75. The van der Waals surface area contributed by atoms with Crippen LogP contribution in [0.1, 0.15) is 118 Å². The van der Waals surface area contributed by atoms with E-state index < -0.39 is 7.25 Å². The molecule has 0 bridgehead atoms. The zero-order valence-corrected chi connectivity index (χ0v) is 18.8. The van der Waals surface area contributed by atoms with E-state index in [4.69, 9.17) is 0 Å². The van der Waals surface area contributed by atoms with Gasteiger partial charge in [0.1, 0.15) is 0 Å². The van der Waals surface area contributed by atoms with Crippen molar-refractivity contribution in [3.63, 3.8) is 0 Å². The van der Waals surface area contributed by atoms with E-state index in [9.17, 15) is 17.3 Å². The molecule has 0 fully saturated rings. The molecular weight excluding hydrogens is 358 g/mol. The largest absolute Gasteiger partial charge is 0.673 e. The number of hydrogen-bond donors (Lipinski definition) is 0. The molecule has 160 valence electrons. The predicted molar refractivity (Wildman–Crippen MR) is 113 cm³/mol. The monoisotopic (exact) mass is 401 g/mol. The van der Waals surface area contributed by atoms with E-state index >= 15 is 0 Å². The van der Waals surface area contributed by atoms with Crippen LogP contribution in [0.3, 0.4) is 0 Å². The van der Waals surface area contributed by atoms with Crippen LogP contribution in [0.4, 0.5) is 17.3 Å². The quantitative estimate of drug-likeness (QED) is 0.111. The average molecular weight is 401 g/mol. The first-order valence-corrected chi connectivity index (χ1v) is 11.4. The second-order valence-corrected chi connectivity index (χ2v) is 8.66. The third-order valence-electron chi connectivity index (χ3n) is 5.53. The van der Waals surface area contributed by atoms with Crippen LogP contribution in [-0.4, -0.2) is 12.4 Å². The van der Waals surface area contributed by atoms with E-state index in [1.807, 2.05) is 0 Å². The van der Waals surface area contributed by atoms with E-state index in [1.165, 1.54) is 89.9 Å². The summed E-state index contributed by atoms with van der Waals surface area (Å²) < 4.78 is 39.0. The minimum absolute atomic E-state index is 0.508. The van der Waals surface area contributed by atoms with Gasteiger partial charge in [-0.3, -0.25) is 0 Å². The van der Waals surface area contributed by atoms with Crippen molar-refractivity contribution >= 4 is 16.5 Å². The Morgan fingerprint density at radius 2 is 1.04 bits per heavy atom. The highest BCUT2D eigenvalue weighted by Gasteiger charge is 2.28. The molecule has 0 heterocycles. The van der Waals surface area contributed by atoms with Crippen LogP contribution in [0, 0.1) is 5.92 Å². The lowest BCUT2D eigenvalue weighted by molar-refractivity contribution is 0.313. The molecular formula is C20H43BF4P-. The fourth-order valence-electron chi connectivity index (χ4n) is 3.60. The van der Waals surface area contributed by atoms with Crippen molar-refractivity contribution in [1.29, 1.82) is 0 Å². The van der Waals surface area contributed by atoms with Crippen LogP contribution in [-0.2, 0) is 0 Å². The number of rotatable bonds is 15. The third-order valence-corrected chi connectivity index (χ3v) is 6.82. The van der Waals surface area contributed by atoms with Crippen molar-refractivity contribution in [1.82, 2.24) is 0 Å². The molecule has 0 aliphatic carbocycles. The molecule has 0 nitrogen and oxygen atoms in total. The van der Waals surface area contributed by atoms with Crippen molar-refractivity contribution in [2.45, 2.75) is 123 Å². The fraction of sp³-hybridized carbons (Fsp3) is 1.00. The van der Waals surface area contributed by atoms with Crippen molar-refractivity contribution in [2.24, 2.45) is 5.92 Å². The van der Waals surface area contributed by atoms with Gasteiger partial charge < -0.3 is 17.3 Å². The second kappa shape index (κ2) is 17.3. The van der Waals surface area contributed by atoms with Crippen LogP contribution in [0.5, 0.6) is 0 Å². The molecule has 0 saturated heterocycles. The molecule has 6 heteroatoms. The fourth-order valence-corrected chi connectivity index (χ4v) is 4.01. The van der Waals surface area contributed by atoms with Gasteiger partial charge in [-0.05, 0) is 30.3 Å². The zero-order chi connectivity index (χ0) is 20.5. The highest BCUT2D eigenvalue weighted by molar-refractivity contribution is 7.19. The van der Waals surface area contributed by atoms with Gasteiger partial charge >= 0.3 is 7.25 Å². The summed E-state index contributed by atoms with van der Waals surface area (Å²) in [6, 6.07) is 0. The molecule has 2 atom stereocenters. The van der Waals surface area contributed by atoms with Crippen LogP contribution in [0.2, 0.25) is 0 Å². The van der Waals surface area contributed by atoms with Gasteiger partial charge in [-0.2, -0.15) is 0 Å². The van der Waals surface area contributed by atoms with Gasteiger partial charge in [0.05, 0.1) is 0 Å². The van der Waals surface area contributed by atoms with Crippen LogP contribution in [0.15, 0.2) is 0 Å². The van der Waals surface area contributed by atoms with Gasteiger partial charge in [-0.15, -0.1) is 9.24 Å². The number of hydrogen-bond acceptors (Lipinski definition) is 0. The molecule has 0 aromatic carbocycles. The summed E-state index contributed by atoms with van der Waals surface area (Å²) in [4.78, 5) is 0. The van der Waals surface area contributed by atoms with Gasteiger partial charge in [0.2, 0.25) is 0 Å². The molecule has 0 aliphatic heterocycles. The highest BCUT2D eigenvalue weighted by atomic mass is 31.0. The molecule has 0 aliphatic rings. The Hall–Kier alpha value is 0.215. The van der Waals surface area contributed by atoms with Crippen molar-refractivity contribution in [2.75, 3.05) is 0 Å². The Kier molecular flexibility index (Phi) is 18.9. The average Bonchev–Trinajstić information content (AvgIpc) is 2.57. The molecule has 0 aromatic rings. The summed E-state index contributed by atoms with van der Waals surface area (Å²) in [6.07, 6.45) is 19.9. The second-order valence-electron chi connectivity index (χ2n) is 7.51. The van der Waals surface area contributed by atoms with E-state index in [0.29, 0.717) is 5.16 Å². The molecule has 0 spiro atoms. The summed E-state index contributed by atoms with van der Waals surface area (Å²) in [5.74, 6) is 0.909. The molecule has 0 N–H and O–H groups in total. The van der Waals surface area contributed by atoms with Crippen molar-refractivity contribution in [3.8, 4) is 0 Å². The Morgan fingerprint density at radius 3 is 1.35 bits per heavy atom. The molecule has 0 rings (SSSR count). The molecule has 2 unspecified atom stereocenters. The van der Waals surface area contributed by atoms with Gasteiger partial charge in [0, 0.05) is 0 Å². The summed E-state index contributed by atoms with van der Waals surface area (Å²) in [5, 5.41) is 0.508. The Balaban J connectivity index is 0. The standard InChI is InChI=1S/C20H43P.BF4/c1-5-9-10-11-12-13-14-15-16-17-18-19(6-2)20(21,7-3)8-4;2-1(3,4)5/h19H,5-18,21H2,1-4H3;/q;-1. The third kappa shape index (κ3) is 19.0. The number of halogens is 4. The summed E-state index contributed by atoms with van der Waals surface area (Å²) >= 11 is 0. The molecule has 0 radical (unpaired) electrons. The SMILES string of the molecule is CCCCCCCCCCCCC(CC)C(P)(CC)CC.F[B-](F)(F)F. The lowest BCUT2D eigenvalue weighted by Gasteiger charge is -2.36. The van der Waals surface area contributed by atoms with Gasteiger partial charge in [-0.25, -0.2) is 0 Å². The minimum Gasteiger partial charge on any atom is -0.418 e. The summed E-state index contributed by atoms with van der Waals surface area (Å²) in [7, 11) is -2.81. The first-order chi connectivity index (χ1) is 12.1. The smallest absolute Gasteiger partial charge is 0.418 e. The van der Waals surface area contributed by atoms with E-state index in [2.05, 4.69) is 36.9 Å². The highest BCUT2D eigenvalue weighted by Crippen LogP contribution is 2.39. The molecule has 0 saturated carbocycles. The van der Waals surface area contributed by atoms with Gasteiger partial charge in [0.25, 0.3) is 0 Å². The molecule has 0 aromatic heterocycles. The number of unbranched alkanes of at least 4 members (excludes halogenated alkanes) is 9. The Morgan fingerprint density at radius 1 is 0.692 bits per heavy atom. The summed E-state index contributed by atoms with van der Waals surface area (Å²) in [5.41, 5.74) is 0. The zero-order valence-electron chi connectivity index (χ0n) is 17.6. The molecule has 0 amide bonds. The first kappa shape index (κ1) is 28.4. The summed E-state index contributed by atoms with van der Waals surface area (Å²) in [6.45, 7) is 9.39. The van der Waals surface area contributed by atoms with Crippen LogP contribution >= 0.6 is 9.24 Å². The van der Waals surface area contributed by atoms with Crippen molar-refractivity contribution < 1.29 is 17.3 Å². The maximum Gasteiger partial charge on any atom is 0.673 e. The van der Waals surface area contributed by atoms with E-state index in [0.717, 1.165) is 5.92 Å². The van der Waals surface area contributed by atoms with Gasteiger partial charge in [-0.1, -0.05) is 98.3 Å². The first-order valence-electron chi connectivity index (χ1n) is 10.8. The topological polar surface area (TPSA) is 0 Å². The minimum atomic E-state index is -6.00.